The Morgan fingerprint density at radius 1 is 1.15 bits per heavy atom. The van der Waals surface area contributed by atoms with Crippen molar-refractivity contribution in [2.75, 3.05) is 0 Å². The number of hydrogen-bond acceptors (Lipinski definition) is 4. The van der Waals surface area contributed by atoms with Gasteiger partial charge in [0.1, 0.15) is 0 Å². The van der Waals surface area contributed by atoms with Crippen molar-refractivity contribution < 1.29 is 27.1 Å². The minimum atomic E-state index is -4.41. The van der Waals surface area contributed by atoms with E-state index in [2.05, 4.69) is 26.8 Å². The normalized spacial score (nSPS) is 40.7. The van der Waals surface area contributed by atoms with Crippen LogP contribution in [0.3, 0.4) is 0 Å². The molecule has 4 aliphatic carbocycles. The molecule has 8 atom stereocenters. The van der Waals surface area contributed by atoms with Crippen molar-refractivity contribution in [1.29, 1.82) is 0 Å². The van der Waals surface area contributed by atoms with E-state index in [4.69, 9.17) is 13.8 Å². The molecular weight excluding hydrogens is 462 g/mol. The third kappa shape index (κ3) is 5.98. The van der Waals surface area contributed by atoms with Crippen LogP contribution in [0.2, 0.25) is 0 Å². The molecule has 0 aromatic rings. The molecule has 0 bridgehead atoms. The van der Waals surface area contributed by atoms with Gasteiger partial charge in [-0.15, -0.1) is 0 Å². The minimum absolute atomic E-state index is 0. The number of aliphatic carboxylic acids is 1. The maximum absolute atomic E-state index is 11.2. The molecule has 9 heteroatoms. The van der Waals surface area contributed by atoms with Crippen molar-refractivity contribution in [2.45, 2.75) is 91.1 Å². The van der Waals surface area contributed by atoms with Crippen molar-refractivity contribution in [3.8, 4) is 0 Å². The van der Waals surface area contributed by atoms with Crippen LogP contribution in [0, 0.1) is 40.4 Å². The number of hydrogen-bond donors (Lipinski definition) is 2. The molecule has 2 N–H and O–H groups in total. The SMILES string of the molecule is C[C@H](CCC(=O)O)[C@H]1CC[C@H]2[C@@H]3CC=C4C[C@@H](OS(=O)(=O)O)CC[C@]4(C)[C@H]3CC[C@]12C.[Na].[Na]. The average molecular weight is 501 g/mol. The molecule has 33 heavy (non-hydrogen) atoms. The number of allylic oxidation sites excluding steroid dienone is 1. The Labute approximate surface area is 243 Å². The van der Waals surface area contributed by atoms with Gasteiger partial charge in [-0.3, -0.25) is 9.35 Å². The molecule has 0 heterocycles. The summed E-state index contributed by atoms with van der Waals surface area (Å²) < 4.78 is 36.4. The first-order valence-corrected chi connectivity index (χ1v) is 13.4. The molecule has 3 fully saturated rings. The summed E-state index contributed by atoms with van der Waals surface area (Å²) in [6, 6.07) is 0. The van der Waals surface area contributed by atoms with Crippen molar-refractivity contribution in [1.82, 2.24) is 0 Å². The Kier molecular flexibility index (Phi) is 10.3. The van der Waals surface area contributed by atoms with E-state index in [1.165, 1.54) is 31.3 Å². The molecule has 0 amide bonds. The fourth-order valence-electron chi connectivity index (χ4n) is 8.41. The summed E-state index contributed by atoms with van der Waals surface area (Å²) in [6.07, 6.45) is 11.0. The summed E-state index contributed by atoms with van der Waals surface area (Å²) in [5.74, 6) is 2.32. The first-order chi connectivity index (χ1) is 14.4. The molecule has 0 spiro atoms. The Balaban J connectivity index is 0.00000193. The Morgan fingerprint density at radius 3 is 2.48 bits per heavy atom. The van der Waals surface area contributed by atoms with Crippen LogP contribution in [0.5, 0.6) is 0 Å². The third-order valence-corrected chi connectivity index (χ3v) is 10.4. The summed E-state index contributed by atoms with van der Waals surface area (Å²) in [5.41, 5.74) is 1.71. The Bertz CT molecular complexity index is 861. The van der Waals surface area contributed by atoms with Gasteiger partial charge in [-0.2, -0.15) is 8.42 Å². The van der Waals surface area contributed by atoms with Crippen molar-refractivity contribution >= 4 is 75.5 Å². The monoisotopic (exact) mass is 500 g/mol. The van der Waals surface area contributed by atoms with Gasteiger partial charge in [0.15, 0.2) is 0 Å². The van der Waals surface area contributed by atoms with E-state index in [0.29, 0.717) is 47.8 Å². The first kappa shape index (κ1) is 30.3. The third-order valence-electron chi connectivity index (χ3n) is 9.89. The fraction of sp³-hybridized carbons (Fsp3) is 0.875. The molecule has 6 nitrogen and oxygen atoms in total. The fourth-order valence-corrected chi connectivity index (χ4v) is 8.92. The standard InChI is InChI=1S/C24H38O6S.2Na/c1-15(4-9-22(25)26)19-7-8-20-18-6-5-16-14-17(30-31(27,28)29)10-12-23(16,2)21(18)11-13-24(19,20)3;;/h5,15,17-21H,4,6-14H2,1-3H3,(H,25,26)(H,27,28,29);;/t15-,17+,18+,19-,20+,21+,23+,24-;;/m1../s1. The van der Waals surface area contributed by atoms with Gasteiger partial charge >= 0.3 is 16.4 Å². The number of carboxylic acid groups (broad SMARTS) is 1. The van der Waals surface area contributed by atoms with Crippen LogP contribution in [0.15, 0.2) is 11.6 Å². The molecule has 0 aliphatic heterocycles. The van der Waals surface area contributed by atoms with E-state index in [1.807, 2.05) is 0 Å². The zero-order chi connectivity index (χ0) is 22.6. The second-order valence-electron chi connectivity index (χ2n) is 11.3. The van der Waals surface area contributed by atoms with E-state index >= 15 is 0 Å². The average Bonchev–Trinajstić information content (AvgIpc) is 3.02. The molecule has 0 aromatic heterocycles. The summed E-state index contributed by atoms with van der Waals surface area (Å²) in [5, 5.41) is 9.11. The van der Waals surface area contributed by atoms with E-state index in [9.17, 15) is 13.2 Å². The van der Waals surface area contributed by atoms with E-state index in [1.54, 1.807) is 0 Å². The maximum Gasteiger partial charge on any atom is 0.397 e. The van der Waals surface area contributed by atoms with Gasteiger partial charge in [0, 0.05) is 65.5 Å². The number of fused-ring (bicyclic) bond motifs is 5. The summed E-state index contributed by atoms with van der Waals surface area (Å²) in [7, 11) is -4.41. The van der Waals surface area contributed by atoms with Crippen molar-refractivity contribution in [2.24, 2.45) is 40.4 Å². The van der Waals surface area contributed by atoms with Gasteiger partial charge in [-0.05, 0) is 98.2 Å². The van der Waals surface area contributed by atoms with Gasteiger partial charge in [-0.1, -0.05) is 32.4 Å². The van der Waals surface area contributed by atoms with Crippen LogP contribution in [-0.4, -0.2) is 89.3 Å². The topological polar surface area (TPSA) is 101 Å². The molecule has 0 unspecified atom stereocenters. The number of rotatable bonds is 6. The van der Waals surface area contributed by atoms with Crippen LogP contribution in [0.25, 0.3) is 0 Å². The predicted octanol–water partition coefficient (Wildman–Crippen LogP) is 4.49. The van der Waals surface area contributed by atoms with Gasteiger partial charge in [0.2, 0.25) is 0 Å². The van der Waals surface area contributed by atoms with Crippen molar-refractivity contribution in [3.05, 3.63) is 11.6 Å². The van der Waals surface area contributed by atoms with Crippen LogP contribution in [-0.2, 0) is 19.4 Å². The zero-order valence-corrected chi connectivity index (χ0v) is 25.9. The van der Waals surface area contributed by atoms with Crippen LogP contribution in [0.4, 0.5) is 0 Å². The molecular formula is C24H38Na2O6S. The molecule has 0 aromatic carbocycles. The molecule has 4 aliphatic rings. The Morgan fingerprint density at radius 2 is 1.85 bits per heavy atom. The maximum atomic E-state index is 11.2. The van der Waals surface area contributed by atoms with Crippen molar-refractivity contribution in [3.63, 3.8) is 0 Å². The zero-order valence-electron chi connectivity index (χ0n) is 21.0. The van der Waals surface area contributed by atoms with Crippen LogP contribution >= 0.6 is 0 Å². The molecule has 2 radical (unpaired) electrons. The number of carbonyl (C=O) groups is 1. The molecule has 0 saturated heterocycles. The van der Waals surface area contributed by atoms with E-state index < -0.39 is 22.5 Å². The largest absolute Gasteiger partial charge is 0.481 e. The second-order valence-corrected chi connectivity index (χ2v) is 12.3. The smallest absolute Gasteiger partial charge is 0.397 e. The van der Waals surface area contributed by atoms with Gasteiger partial charge in [0.05, 0.1) is 6.10 Å². The van der Waals surface area contributed by atoms with Gasteiger partial charge < -0.3 is 5.11 Å². The van der Waals surface area contributed by atoms with Gasteiger partial charge in [-0.25, -0.2) is 4.18 Å². The second kappa shape index (κ2) is 11.2. The van der Waals surface area contributed by atoms with Crippen LogP contribution in [0.1, 0.15) is 85.0 Å². The molecule has 178 valence electrons. The van der Waals surface area contributed by atoms with E-state index in [0.717, 1.165) is 19.3 Å². The van der Waals surface area contributed by atoms with Gasteiger partial charge in [0.25, 0.3) is 0 Å². The Hall–Kier alpha value is 1.08. The molecule has 4 rings (SSSR count). The first-order valence-electron chi connectivity index (χ1n) is 12.0. The quantitative estimate of drug-likeness (QED) is 0.317. The summed E-state index contributed by atoms with van der Waals surface area (Å²) >= 11 is 0. The van der Waals surface area contributed by atoms with E-state index in [-0.39, 0.29) is 71.0 Å². The predicted molar refractivity (Wildman–Crippen MR) is 129 cm³/mol. The summed E-state index contributed by atoms with van der Waals surface area (Å²) in [4.78, 5) is 11.1. The van der Waals surface area contributed by atoms with Crippen LogP contribution < -0.4 is 0 Å². The minimum Gasteiger partial charge on any atom is -0.481 e. The number of carboxylic acids is 1. The molecule has 3 saturated carbocycles. The summed E-state index contributed by atoms with van der Waals surface area (Å²) in [6.45, 7) is 7.09.